The van der Waals surface area contributed by atoms with Crippen LogP contribution in [0.15, 0.2) is 57.8 Å². The Morgan fingerprint density at radius 3 is 2.79 bits per heavy atom. The van der Waals surface area contributed by atoms with Gasteiger partial charge in [0, 0.05) is 31.3 Å². The molecule has 2 aromatic carbocycles. The highest BCUT2D eigenvalue weighted by atomic mass is 16.5. The van der Waals surface area contributed by atoms with Crippen LogP contribution in [0.3, 0.4) is 0 Å². The smallest absolute Gasteiger partial charge is 0.326 e. The van der Waals surface area contributed by atoms with Crippen molar-refractivity contribution in [3.8, 4) is 11.4 Å². The van der Waals surface area contributed by atoms with E-state index in [0.717, 1.165) is 16.8 Å². The number of H-pyrrole nitrogens is 1. The largest absolute Gasteiger partial charge is 0.339 e. The Balaban J connectivity index is 1.42. The van der Waals surface area contributed by atoms with Crippen LogP contribution in [0.1, 0.15) is 18.2 Å². The first-order chi connectivity index (χ1) is 13.6. The number of hydrogen-bond acceptors (Lipinski definition) is 5. The van der Waals surface area contributed by atoms with Gasteiger partial charge in [0.25, 0.3) is 0 Å². The lowest BCUT2D eigenvalue weighted by Gasteiger charge is -2.15. The van der Waals surface area contributed by atoms with E-state index < -0.39 is 0 Å². The van der Waals surface area contributed by atoms with Crippen LogP contribution in [0.5, 0.6) is 0 Å². The van der Waals surface area contributed by atoms with Crippen molar-refractivity contribution in [2.45, 2.75) is 12.3 Å². The Bertz CT molecular complexity index is 1240. The fourth-order valence-corrected chi connectivity index (χ4v) is 3.62. The number of para-hydroxylation sites is 1. The minimum Gasteiger partial charge on any atom is -0.339 e. The van der Waals surface area contributed by atoms with Crippen molar-refractivity contribution in [2.75, 3.05) is 11.4 Å². The number of benzene rings is 2. The molecule has 1 saturated heterocycles. The molecule has 1 aliphatic rings. The van der Waals surface area contributed by atoms with Crippen LogP contribution in [0.25, 0.3) is 22.4 Å². The van der Waals surface area contributed by atoms with Crippen LogP contribution in [-0.4, -0.2) is 32.1 Å². The summed E-state index contributed by atoms with van der Waals surface area (Å²) in [6, 6.07) is 15.1. The van der Waals surface area contributed by atoms with E-state index >= 15 is 0 Å². The monoisotopic (exact) mass is 375 g/mol. The molecule has 2 aromatic heterocycles. The van der Waals surface area contributed by atoms with Gasteiger partial charge in [-0.3, -0.25) is 9.36 Å². The first kappa shape index (κ1) is 16.5. The predicted octanol–water partition coefficient (Wildman–Crippen LogP) is 2.44. The standard InChI is InChI=1S/C20H17N5O3/c1-24-16-8-7-12(9-15(16)21-20(24)27)18-22-19(28-23-18)13-10-17(26)25(11-13)14-5-3-2-4-6-14/h2-9,13H,10-11H2,1H3,(H,21,27)/t13-/m1/s1. The highest BCUT2D eigenvalue weighted by molar-refractivity contribution is 5.96. The number of nitrogens with one attached hydrogen (secondary N) is 1. The number of amides is 1. The molecular weight excluding hydrogens is 358 g/mol. The van der Waals surface area contributed by atoms with E-state index in [2.05, 4.69) is 15.1 Å². The zero-order valence-electron chi connectivity index (χ0n) is 15.1. The summed E-state index contributed by atoms with van der Waals surface area (Å²) in [5.74, 6) is 0.782. The summed E-state index contributed by atoms with van der Waals surface area (Å²) < 4.78 is 7.00. The number of carbonyl (C=O) groups excluding carboxylic acids is 1. The van der Waals surface area contributed by atoms with Crippen LogP contribution in [-0.2, 0) is 11.8 Å². The number of hydrogen-bond donors (Lipinski definition) is 1. The van der Waals surface area contributed by atoms with Crippen molar-refractivity contribution in [3.05, 3.63) is 64.9 Å². The first-order valence-electron chi connectivity index (χ1n) is 8.98. The highest BCUT2D eigenvalue weighted by Gasteiger charge is 2.35. The summed E-state index contributed by atoms with van der Waals surface area (Å²) in [5.41, 5.74) is 2.95. The molecule has 0 bridgehead atoms. The molecule has 0 aliphatic carbocycles. The van der Waals surface area contributed by atoms with E-state index in [4.69, 9.17) is 4.52 Å². The molecule has 8 heteroatoms. The molecule has 1 amide bonds. The Morgan fingerprint density at radius 1 is 1.14 bits per heavy atom. The van der Waals surface area contributed by atoms with Gasteiger partial charge in [-0.1, -0.05) is 23.4 Å². The summed E-state index contributed by atoms with van der Waals surface area (Å²) in [7, 11) is 1.71. The van der Waals surface area contributed by atoms with Crippen molar-refractivity contribution < 1.29 is 9.32 Å². The van der Waals surface area contributed by atoms with Crippen molar-refractivity contribution >= 4 is 22.6 Å². The maximum Gasteiger partial charge on any atom is 0.326 e. The third kappa shape index (κ3) is 2.61. The molecule has 8 nitrogen and oxygen atoms in total. The van der Waals surface area contributed by atoms with Gasteiger partial charge in [0.1, 0.15) is 0 Å². The van der Waals surface area contributed by atoms with Gasteiger partial charge in [0.15, 0.2) is 0 Å². The van der Waals surface area contributed by atoms with Gasteiger partial charge >= 0.3 is 5.69 Å². The van der Waals surface area contributed by atoms with Gasteiger partial charge < -0.3 is 14.4 Å². The van der Waals surface area contributed by atoms with E-state index in [9.17, 15) is 9.59 Å². The second-order valence-electron chi connectivity index (χ2n) is 6.92. The Morgan fingerprint density at radius 2 is 1.96 bits per heavy atom. The highest BCUT2D eigenvalue weighted by Crippen LogP contribution is 2.32. The number of carbonyl (C=O) groups is 1. The molecule has 1 N–H and O–H groups in total. The third-order valence-electron chi connectivity index (χ3n) is 5.15. The van der Waals surface area contributed by atoms with Crippen molar-refractivity contribution in [2.24, 2.45) is 7.05 Å². The van der Waals surface area contributed by atoms with Crippen molar-refractivity contribution in [3.63, 3.8) is 0 Å². The molecule has 1 atom stereocenters. The quantitative estimate of drug-likeness (QED) is 0.593. The Hall–Kier alpha value is -3.68. The average molecular weight is 375 g/mol. The van der Waals surface area contributed by atoms with E-state index in [-0.39, 0.29) is 17.5 Å². The van der Waals surface area contributed by atoms with Crippen LogP contribution in [0.4, 0.5) is 5.69 Å². The number of aryl methyl sites for hydroxylation is 1. The van der Waals surface area contributed by atoms with Crippen molar-refractivity contribution in [1.82, 2.24) is 19.7 Å². The lowest BCUT2D eigenvalue weighted by atomic mass is 10.1. The molecule has 0 unspecified atom stereocenters. The maximum atomic E-state index is 12.4. The third-order valence-corrected chi connectivity index (χ3v) is 5.15. The van der Waals surface area contributed by atoms with Gasteiger partial charge in [-0.15, -0.1) is 0 Å². The summed E-state index contributed by atoms with van der Waals surface area (Å²) in [6.45, 7) is 0.509. The zero-order valence-corrected chi connectivity index (χ0v) is 15.1. The molecule has 3 heterocycles. The number of rotatable bonds is 3. The predicted molar refractivity (Wildman–Crippen MR) is 103 cm³/mol. The second-order valence-corrected chi connectivity index (χ2v) is 6.92. The maximum absolute atomic E-state index is 12.4. The molecule has 28 heavy (non-hydrogen) atoms. The van der Waals surface area contributed by atoms with Crippen LogP contribution in [0, 0.1) is 0 Å². The van der Waals surface area contributed by atoms with E-state index in [1.165, 1.54) is 0 Å². The Labute approximate surface area is 159 Å². The molecule has 140 valence electrons. The second kappa shape index (κ2) is 6.19. The summed E-state index contributed by atoms with van der Waals surface area (Å²) >= 11 is 0. The normalized spacial score (nSPS) is 17.0. The number of aromatic nitrogens is 4. The van der Waals surface area contributed by atoms with E-state index in [0.29, 0.717) is 30.2 Å². The molecule has 0 saturated carbocycles. The molecule has 0 radical (unpaired) electrons. The van der Waals surface area contributed by atoms with Gasteiger partial charge in [-0.2, -0.15) is 4.98 Å². The number of imidazole rings is 1. The summed E-state index contributed by atoms with van der Waals surface area (Å²) in [4.78, 5) is 33.2. The lowest BCUT2D eigenvalue weighted by molar-refractivity contribution is -0.117. The zero-order chi connectivity index (χ0) is 19.3. The van der Waals surface area contributed by atoms with Gasteiger partial charge in [-0.25, -0.2) is 4.79 Å². The first-order valence-corrected chi connectivity index (χ1v) is 8.98. The topological polar surface area (TPSA) is 97.0 Å². The lowest BCUT2D eigenvalue weighted by Crippen LogP contribution is -2.24. The van der Waals surface area contributed by atoms with Gasteiger partial charge in [-0.05, 0) is 30.3 Å². The van der Waals surface area contributed by atoms with E-state index in [1.54, 1.807) is 16.5 Å². The molecular formula is C20H17N5O3. The van der Waals surface area contributed by atoms with Crippen molar-refractivity contribution in [1.29, 1.82) is 0 Å². The number of fused-ring (bicyclic) bond motifs is 1. The minimum atomic E-state index is -0.175. The molecule has 1 fully saturated rings. The number of anilines is 1. The van der Waals surface area contributed by atoms with Crippen LogP contribution >= 0.6 is 0 Å². The molecule has 5 rings (SSSR count). The minimum absolute atomic E-state index is 0.0410. The van der Waals surface area contributed by atoms with Crippen LogP contribution < -0.4 is 10.6 Å². The fourth-order valence-electron chi connectivity index (χ4n) is 3.62. The van der Waals surface area contributed by atoms with Crippen LogP contribution in [0.2, 0.25) is 0 Å². The number of nitrogens with zero attached hydrogens (tertiary/aromatic N) is 4. The molecule has 0 spiro atoms. The summed E-state index contributed by atoms with van der Waals surface area (Å²) in [5, 5.41) is 4.08. The van der Waals surface area contributed by atoms with Gasteiger partial charge in [0.05, 0.1) is 17.0 Å². The number of aromatic amines is 1. The SMILES string of the molecule is Cn1c(=O)[nH]c2cc(-c3noc([C@@H]4CC(=O)N(c5ccccc5)C4)n3)ccc21. The molecule has 1 aliphatic heterocycles. The summed E-state index contributed by atoms with van der Waals surface area (Å²) in [6.07, 6.45) is 0.335. The average Bonchev–Trinajstić information content (AvgIpc) is 3.41. The van der Waals surface area contributed by atoms with E-state index in [1.807, 2.05) is 48.5 Å². The fraction of sp³-hybridized carbons (Fsp3) is 0.200. The van der Waals surface area contributed by atoms with Gasteiger partial charge in [0.2, 0.25) is 17.6 Å². The Kier molecular flexibility index (Phi) is 3.65. The molecule has 4 aromatic rings.